The van der Waals surface area contributed by atoms with Gasteiger partial charge in [0.1, 0.15) is 12.4 Å². The number of carbonyl (C=O) groups is 1. The van der Waals surface area contributed by atoms with Crippen LogP contribution in [0.5, 0.6) is 0 Å². The topological polar surface area (TPSA) is 97.2 Å². The van der Waals surface area contributed by atoms with Gasteiger partial charge in [-0.1, -0.05) is 52.8 Å². The van der Waals surface area contributed by atoms with Crippen molar-refractivity contribution in [2.45, 2.75) is 58.9 Å². The number of nitrogens with zero attached hydrogens (tertiary/aromatic N) is 3. The average molecular weight is 553 g/mol. The first-order valence-electron chi connectivity index (χ1n) is 12.8. The Morgan fingerprint density at radius 1 is 1.02 bits per heavy atom. The number of carboxylic acid groups (broad SMARTS) is 1. The number of rotatable bonds is 8. The Morgan fingerprint density at radius 3 is 2.33 bits per heavy atom. The second-order valence-corrected chi connectivity index (χ2v) is 10.9. The highest BCUT2D eigenvalue weighted by molar-refractivity contribution is 5.93. The Labute approximate surface area is 230 Å². The molecule has 2 aromatic heterocycles. The predicted octanol–water partition coefficient (Wildman–Crippen LogP) is 7.38. The maximum absolute atomic E-state index is 13.7. The molecule has 0 spiro atoms. The SMILES string of the molecule is CC(C)[C@H](OCc1nc(Nc2ccc(C(C)(C)C)cc2)c2ccc(-c3ncccc3C(F)(F)F)cc2n1)C(=O)O. The number of hydrogen-bond donors (Lipinski definition) is 2. The zero-order valence-electron chi connectivity index (χ0n) is 22.9. The summed E-state index contributed by atoms with van der Waals surface area (Å²) in [6.07, 6.45) is -4.35. The fourth-order valence-electron chi connectivity index (χ4n) is 4.25. The van der Waals surface area contributed by atoms with E-state index in [0.717, 1.165) is 17.3 Å². The van der Waals surface area contributed by atoms with Crippen molar-refractivity contribution in [3.8, 4) is 11.3 Å². The number of carboxylic acids is 1. The van der Waals surface area contributed by atoms with E-state index >= 15 is 0 Å². The van der Waals surface area contributed by atoms with Crippen molar-refractivity contribution >= 4 is 28.4 Å². The van der Waals surface area contributed by atoms with Gasteiger partial charge in [-0.2, -0.15) is 13.2 Å². The van der Waals surface area contributed by atoms with Gasteiger partial charge in [0.15, 0.2) is 11.9 Å². The van der Waals surface area contributed by atoms with Crippen LogP contribution >= 0.6 is 0 Å². The number of anilines is 2. The summed E-state index contributed by atoms with van der Waals surface area (Å²) >= 11 is 0. The lowest BCUT2D eigenvalue weighted by molar-refractivity contribution is -0.154. The number of halogens is 3. The lowest BCUT2D eigenvalue weighted by Gasteiger charge is -2.20. The summed E-state index contributed by atoms with van der Waals surface area (Å²) in [5, 5.41) is 13.3. The maximum atomic E-state index is 13.7. The second-order valence-electron chi connectivity index (χ2n) is 10.9. The molecule has 10 heteroatoms. The van der Waals surface area contributed by atoms with Crippen molar-refractivity contribution in [2.24, 2.45) is 5.92 Å². The number of fused-ring (bicyclic) bond motifs is 1. The molecule has 4 rings (SSSR count). The van der Waals surface area contributed by atoms with Crippen molar-refractivity contribution in [3.63, 3.8) is 0 Å². The third kappa shape index (κ3) is 6.56. The fourth-order valence-corrected chi connectivity index (χ4v) is 4.25. The predicted molar refractivity (Wildman–Crippen MR) is 147 cm³/mol. The van der Waals surface area contributed by atoms with Gasteiger partial charge in [0.25, 0.3) is 0 Å². The largest absolute Gasteiger partial charge is 0.479 e. The highest BCUT2D eigenvalue weighted by Gasteiger charge is 2.34. The summed E-state index contributed by atoms with van der Waals surface area (Å²) in [5.74, 6) is -0.812. The Kier molecular flexibility index (Phi) is 8.11. The third-order valence-electron chi connectivity index (χ3n) is 6.38. The monoisotopic (exact) mass is 552 g/mol. The Hall–Kier alpha value is -4.05. The van der Waals surface area contributed by atoms with Gasteiger partial charge in [0.05, 0.1) is 16.8 Å². The van der Waals surface area contributed by atoms with Gasteiger partial charge < -0.3 is 15.2 Å². The summed E-state index contributed by atoms with van der Waals surface area (Å²) in [5.41, 5.74) is 1.38. The zero-order valence-corrected chi connectivity index (χ0v) is 22.9. The van der Waals surface area contributed by atoms with E-state index in [1.54, 1.807) is 26.0 Å². The molecule has 210 valence electrons. The van der Waals surface area contributed by atoms with E-state index < -0.39 is 23.8 Å². The number of nitrogens with one attached hydrogen (secondary N) is 1. The first-order chi connectivity index (χ1) is 18.7. The van der Waals surface area contributed by atoms with Gasteiger partial charge in [-0.3, -0.25) is 4.98 Å². The molecule has 7 nitrogen and oxygen atoms in total. The van der Waals surface area contributed by atoms with Gasteiger partial charge in [0, 0.05) is 22.8 Å². The van der Waals surface area contributed by atoms with Crippen molar-refractivity contribution in [2.75, 3.05) is 5.32 Å². The Balaban J connectivity index is 1.79. The molecule has 2 N–H and O–H groups in total. The highest BCUT2D eigenvalue weighted by Crippen LogP contribution is 2.37. The van der Waals surface area contributed by atoms with Gasteiger partial charge >= 0.3 is 12.1 Å². The standard InChI is InChI=1S/C30H31F3N4O3/c1-17(2)26(28(38)39)40-16-24-36-23-15-18(25-22(30(31,32)33)7-6-14-34-25)8-13-21(23)27(37-24)35-20-11-9-19(10-12-20)29(3,4)5/h6-15,17,26H,16H2,1-5H3,(H,38,39)(H,35,36,37)/t26-/m0/s1. The molecule has 0 saturated heterocycles. The minimum absolute atomic E-state index is 0.0289. The molecule has 2 aromatic carbocycles. The van der Waals surface area contributed by atoms with E-state index in [0.29, 0.717) is 16.7 Å². The van der Waals surface area contributed by atoms with Gasteiger partial charge in [-0.15, -0.1) is 0 Å². The minimum atomic E-state index is -4.59. The lowest BCUT2D eigenvalue weighted by Crippen LogP contribution is -2.29. The number of benzene rings is 2. The van der Waals surface area contributed by atoms with Gasteiger partial charge in [-0.25, -0.2) is 14.8 Å². The zero-order chi connectivity index (χ0) is 29.2. The van der Waals surface area contributed by atoms with Crippen LogP contribution in [0.2, 0.25) is 0 Å². The van der Waals surface area contributed by atoms with Crippen LogP contribution in [0.4, 0.5) is 24.7 Å². The molecule has 0 radical (unpaired) electrons. The van der Waals surface area contributed by atoms with Crippen molar-refractivity contribution in [1.82, 2.24) is 15.0 Å². The maximum Gasteiger partial charge on any atom is 0.418 e. The van der Waals surface area contributed by atoms with Crippen LogP contribution in [0.1, 0.15) is 51.6 Å². The molecule has 2 heterocycles. The Bertz CT molecular complexity index is 1510. The van der Waals surface area contributed by atoms with Crippen LogP contribution in [-0.2, 0) is 27.7 Å². The average Bonchev–Trinajstić information content (AvgIpc) is 2.87. The van der Waals surface area contributed by atoms with Crippen molar-refractivity contribution in [1.29, 1.82) is 0 Å². The second kappa shape index (κ2) is 11.2. The number of alkyl halides is 3. The molecule has 0 amide bonds. The van der Waals surface area contributed by atoms with E-state index in [9.17, 15) is 23.1 Å². The Morgan fingerprint density at radius 2 is 1.73 bits per heavy atom. The van der Waals surface area contributed by atoms with E-state index in [1.807, 2.05) is 24.3 Å². The van der Waals surface area contributed by atoms with E-state index in [1.165, 1.54) is 18.3 Å². The van der Waals surface area contributed by atoms with Crippen molar-refractivity contribution in [3.05, 3.63) is 77.7 Å². The molecule has 0 saturated carbocycles. The molecule has 0 unspecified atom stereocenters. The summed E-state index contributed by atoms with van der Waals surface area (Å²) in [4.78, 5) is 24.7. The molecule has 4 aromatic rings. The number of pyridine rings is 1. The molecule has 0 bridgehead atoms. The number of hydrogen-bond acceptors (Lipinski definition) is 6. The van der Waals surface area contributed by atoms with Crippen molar-refractivity contribution < 1.29 is 27.8 Å². The normalized spacial score (nSPS) is 13.0. The molecule has 0 aliphatic carbocycles. The molecular formula is C30H31F3N4O3. The minimum Gasteiger partial charge on any atom is -0.479 e. The number of aromatic nitrogens is 3. The first-order valence-corrected chi connectivity index (χ1v) is 12.8. The van der Waals surface area contributed by atoms with Gasteiger partial charge in [-0.05, 0) is 53.3 Å². The van der Waals surface area contributed by atoms with E-state index in [-0.39, 0.29) is 35.0 Å². The van der Waals surface area contributed by atoms with Crippen LogP contribution < -0.4 is 5.32 Å². The van der Waals surface area contributed by atoms with Gasteiger partial charge in [0.2, 0.25) is 0 Å². The van der Waals surface area contributed by atoms with E-state index in [4.69, 9.17) is 4.74 Å². The van der Waals surface area contributed by atoms with Crippen LogP contribution in [0.25, 0.3) is 22.2 Å². The van der Waals surface area contributed by atoms with Crippen LogP contribution in [-0.4, -0.2) is 32.1 Å². The molecule has 40 heavy (non-hydrogen) atoms. The molecule has 1 atom stereocenters. The summed E-state index contributed by atoms with van der Waals surface area (Å²) in [7, 11) is 0. The summed E-state index contributed by atoms with van der Waals surface area (Å²) in [6, 6.07) is 14.8. The quantitative estimate of drug-likeness (QED) is 0.235. The number of aliphatic carboxylic acids is 1. The first kappa shape index (κ1) is 28.9. The highest BCUT2D eigenvalue weighted by atomic mass is 19.4. The molecule has 0 fully saturated rings. The summed E-state index contributed by atoms with van der Waals surface area (Å²) in [6.45, 7) is 9.60. The van der Waals surface area contributed by atoms with Crippen LogP contribution in [0.15, 0.2) is 60.8 Å². The van der Waals surface area contributed by atoms with E-state index in [2.05, 4.69) is 41.0 Å². The fraction of sp³-hybridized carbons (Fsp3) is 0.333. The lowest BCUT2D eigenvalue weighted by atomic mass is 9.87. The molecule has 0 aliphatic heterocycles. The molecule has 0 aliphatic rings. The molecular weight excluding hydrogens is 521 g/mol. The van der Waals surface area contributed by atoms with Crippen LogP contribution in [0.3, 0.4) is 0 Å². The third-order valence-corrected chi connectivity index (χ3v) is 6.38. The smallest absolute Gasteiger partial charge is 0.418 e. The number of ether oxygens (including phenoxy) is 1. The van der Waals surface area contributed by atoms with Crippen LogP contribution in [0, 0.1) is 5.92 Å². The summed E-state index contributed by atoms with van der Waals surface area (Å²) < 4.78 is 46.7.